The molecule has 1 N–H and O–H groups in total. The molecule has 174 valence electrons. The molecule has 0 atom stereocenters. The smallest absolute Gasteiger partial charge is 0.266 e. The first-order chi connectivity index (χ1) is 16.5. The monoisotopic (exact) mass is 476 g/mol. The Kier molecular flexibility index (Phi) is 7.03. The van der Waals surface area contributed by atoms with Gasteiger partial charge in [0, 0.05) is 23.7 Å². The van der Waals surface area contributed by atoms with Crippen LogP contribution in [0.3, 0.4) is 0 Å². The molecule has 0 aliphatic carbocycles. The Balaban J connectivity index is 1.47. The second kappa shape index (κ2) is 10.3. The number of carbonyl (C=O) groups excluding carboxylic acids is 1. The fourth-order valence-corrected chi connectivity index (χ4v) is 4.46. The number of carbonyl (C=O) groups is 1. The fraction of sp³-hybridized carbons (Fsp3) is 0.200. The van der Waals surface area contributed by atoms with Crippen LogP contribution in [0.4, 0.5) is 0 Å². The van der Waals surface area contributed by atoms with Gasteiger partial charge in [0.15, 0.2) is 11.5 Å². The Morgan fingerprint density at radius 3 is 2.53 bits per heavy atom. The maximum atomic E-state index is 12.5. The van der Waals surface area contributed by atoms with Crippen molar-refractivity contribution >= 4 is 17.2 Å². The highest BCUT2D eigenvalue weighted by molar-refractivity contribution is 7.18. The lowest BCUT2D eigenvalue weighted by molar-refractivity contribution is 0.0951. The number of benzene rings is 2. The van der Waals surface area contributed by atoms with Crippen LogP contribution in [0.25, 0.3) is 21.1 Å². The molecule has 4 aromatic rings. The first-order valence-electron chi connectivity index (χ1n) is 10.6. The second-order valence-electron chi connectivity index (χ2n) is 7.41. The summed E-state index contributed by atoms with van der Waals surface area (Å²) in [5, 5.41) is 8.23. The standard InChI is InChI=1S/C25H24N4O4S/c1-16-23(34-25(27-16)17-7-5-4-6-8-17)19-10-12-22(30)29(28-19)14-13-26-24(31)18-9-11-20(32-2)21(15-18)33-3/h4-12,15H,13-14H2,1-3H3,(H,26,31). The van der Waals surface area contributed by atoms with Crippen LogP contribution in [0, 0.1) is 6.92 Å². The van der Waals surface area contributed by atoms with Gasteiger partial charge in [-0.2, -0.15) is 5.10 Å². The molecule has 0 saturated heterocycles. The van der Waals surface area contributed by atoms with Crippen molar-refractivity contribution < 1.29 is 14.3 Å². The summed E-state index contributed by atoms with van der Waals surface area (Å²) in [5.41, 5.74) is 2.74. The van der Waals surface area contributed by atoms with Gasteiger partial charge >= 0.3 is 0 Å². The quantitative estimate of drug-likeness (QED) is 0.416. The topological polar surface area (TPSA) is 95.3 Å². The van der Waals surface area contributed by atoms with E-state index in [0.717, 1.165) is 21.1 Å². The minimum Gasteiger partial charge on any atom is -0.493 e. The summed E-state index contributed by atoms with van der Waals surface area (Å²) in [7, 11) is 3.05. The van der Waals surface area contributed by atoms with Crippen LogP contribution in [0.2, 0.25) is 0 Å². The molecule has 0 aliphatic rings. The number of hydrogen-bond donors (Lipinski definition) is 1. The molecule has 0 radical (unpaired) electrons. The van der Waals surface area contributed by atoms with Gasteiger partial charge in [-0.3, -0.25) is 9.59 Å². The Morgan fingerprint density at radius 1 is 1.03 bits per heavy atom. The second-order valence-corrected chi connectivity index (χ2v) is 8.40. The van der Waals surface area contributed by atoms with Crippen LogP contribution in [-0.2, 0) is 6.54 Å². The highest BCUT2D eigenvalue weighted by Crippen LogP contribution is 2.33. The minimum absolute atomic E-state index is 0.231. The molecule has 2 aromatic heterocycles. The number of methoxy groups -OCH3 is 2. The summed E-state index contributed by atoms with van der Waals surface area (Å²) in [5.74, 6) is 0.729. The Morgan fingerprint density at radius 2 is 1.79 bits per heavy atom. The maximum Gasteiger partial charge on any atom is 0.266 e. The SMILES string of the molecule is COc1ccc(C(=O)NCCn2nc(-c3sc(-c4ccccc4)nc3C)ccc2=O)cc1OC. The first kappa shape index (κ1) is 23.2. The number of nitrogens with zero attached hydrogens (tertiary/aromatic N) is 3. The number of hydrogen-bond acceptors (Lipinski definition) is 7. The number of thiazole rings is 1. The van der Waals surface area contributed by atoms with E-state index in [0.29, 0.717) is 22.8 Å². The molecule has 9 heteroatoms. The molecule has 0 spiro atoms. The van der Waals surface area contributed by atoms with Crippen molar-refractivity contribution in [3.63, 3.8) is 0 Å². The Hall–Kier alpha value is -3.98. The Bertz CT molecular complexity index is 1370. The van der Waals surface area contributed by atoms with Crippen LogP contribution in [0.15, 0.2) is 65.5 Å². The molecule has 0 unspecified atom stereocenters. The van der Waals surface area contributed by atoms with Crippen LogP contribution >= 0.6 is 11.3 Å². The van der Waals surface area contributed by atoms with Crippen molar-refractivity contribution in [3.8, 4) is 32.6 Å². The number of aryl methyl sites for hydroxylation is 1. The predicted molar refractivity (Wildman–Crippen MR) is 132 cm³/mol. The van der Waals surface area contributed by atoms with E-state index in [9.17, 15) is 9.59 Å². The molecule has 0 saturated carbocycles. The average molecular weight is 477 g/mol. The summed E-state index contributed by atoms with van der Waals surface area (Å²) in [6.07, 6.45) is 0. The largest absolute Gasteiger partial charge is 0.493 e. The van der Waals surface area contributed by atoms with Crippen molar-refractivity contribution in [2.24, 2.45) is 0 Å². The number of nitrogens with one attached hydrogen (secondary N) is 1. The lowest BCUT2D eigenvalue weighted by atomic mass is 10.2. The first-order valence-corrected chi connectivity index (χ1v) is 11.4. The van der Waals surface area contributed by atoms with Gasteiger partial charge in [-0.25, -0.2) is 9.67 Å². The highest BCUT2D eigenvalue weighted by atomic mass is 32.1. The van der Waals surface area contributed by atoms with Crippen molar-refractivity contribution in [3.05, 3.63) is 82.3 Å². The molecule has 2 heterocycles. The van der Waals surface area contributed by atoms with Crippen molar-refractivity contribution in [1.82, 2.24) is 20.1 Å². The van der Waals surface area contributed by atoms with E-state index < -0.39 is 0 Å². The summed E-state index contributed by atoms with van der Waals surface area (Å²) >= 11 is 1.53. The van der Waals surface area contributed by atoms with Gasteiger partial charge in [-0.15, -0.1) is 11.3 Å². The third-order valence-electron chi connectivity index (χ3n) is 5.17. The Labute approximate surface area is 200 Å². The van der Waals surface area contributed by atoms with E-state index in [2.05, 4.69) is 15.4 Å². The van der Waals surface area contributed by atoms with Crippen molar-refractivity contribution in [1.29, 1.82) is 0 Å². The highest BCUT2D eigenvalue weighted by Gasteiger charge is 2.14. The molecule has 1 amide bonds. The number of amides is 1. The van der Waals surface area contributed by atoms with Crippen LogP contribution in [0.1, 0.15) is 16.1 Å². The fourth-order valence-electron chi connectivity index (χ4n) is 3.42. The zero-order chi connectivity index (χ0) is 24.1. The maximum absolute atomic E-state index is 12.5. The number of ether oxygens (including phenoxy) is 2. The number of rotatable bonds is 8. The van der Waals surface area contributed by atoms with E-state index in [1.54, 1.807) is 24.3 Å². The molecule has 0 fully saturated rings. The van der Waals surface area contributed by atoms with Gasteiger partial charge in [-0.05, 0) is 31.2 Å². The molecule has 4 rings (SSSR count). The van der Waals surface area contributed by atoms with Crippen molar-refractivity contribution in [2.45, 2.75) is 13.5 Å². The average Bonchev–Trinajstić information content (AvgIpc) is 3.26. The molecule has 2 aromatic carbocycles. The predicted octanol–water partition coefficient (Wildman–Crippen LogP) is 3.79. The van der Waals surface area contributed by atoms with E-state index in [1.165, 1.54) is 36.3 Å². The lowest BCUT2D eigenvalue weighted by Crippen LogP contribution is -2.31. The van der Waals surface area contributed by atoms with Gasteiger partial charge in [0.2, 0.25) is 0 Å². The van der Waals surface area contributed by atoms with E-state index in [-0.39, 0.29) is 24.6 Å². The van der Waals surface area contributed by atoms with Crippen LogP contribution in [0.5, 0.6) is 11.5 Å². The molecule has 0 bridgehead atoms. The summed E-state index contributed by atoms with van der Waals surface area (Å²) < 4.78 is 11.8. The summed E-state index contributed by atoms with van der Waals surface area (Å²) in [6.45, 7) is 2.40. The van der Waals surface area contributed by atoms with Gasteiger partial charge in [0.1, 0.15) is 10.7 Å². The number of aromatic nitrogens is 3. The van der Waals surface area contributed by atoms with Gasteiger partial charge in [-0.1, -0.05) is 30.3 Å². The van der Waals surface area contributed by atoms with E-state index >= 15 is 0 Å². The molecule has 8 nitrogen and oxygen atoms in total. The summed E-state index contributed by atoms with van der Waals surface area (Å²) in [4.78, 5) is 30.5. The van der Waals surface area contributed by atoms with Gasteiger partial charge in [0.05, 0.1) is 31.3 Å². The zero-order valence-corrected chi connectivity index (χ0v) is 19.9. The van der Waals surface area contributed by atoms with E-state index in [4.69, 9.17) is 9.47 Å². The zero-order valence-electron chi connectivity index (χ0n) is 19.1. The van der Waals surface area contributed by atoms with Crippen LogP contribution in [-0.4, -0.2) is 41.4 Å². The summed E-state index contributed by atoms with van der Waals surface area (Å²) in [6, 6.07) is 18.1. The molecular formula is C25H24N4O4S. The van der Waals surface area contributed by atoms with Gasteiger partial charge < -0.3 is 14.8 Å². The molecular weight excluding hydrogens is 452 g/mol. The third-order valence-corrected chi connectivity index (χ3v) is 6.40. The van der Waals surface area contributed by atoms with Crippen molar-refractivity contribution in [2.75, 3.05) is 20.8 Å². The lowest BCUT2D eigenvalue weighted by Gasteiger charge is -2.11. The van der Waals surface area contributed by atoms with E-state index in [1.807, 2.05) is 37.3 Å². The normalized spacial score (nSPS) is 10.7. The third kappa shape index (κ3) is 4.99. The molecule has 0 aliphatic heterocycles. The molecule has 34 heavy (non-hydrogen) atoms. The minimum atomic E-state index is -0.282. The van der Waals surface area contributed by atoms with Crippen LogP contribution < -0.4 is 20.3 Å². The van der Waals surface area contributed by atoms with Gasteiger partial charge in [0.25, 0.3) is 11.5 Å².